The first-order valence-electron chi connectivity index (χ1n) is 5.75. The van der Waals surface area contributed by atoms with Crippen LogP contribution in [-0.2, 0) is 6.42 Å². The fourth-order valence-corrected chi connectivity index (χ4v) is 1.89. The SMILES string of the molecule is CCCc1c(F)cc(-c2ccccc2)cc1F. The third kappa shape index (κ3) is 2.52. The lowest BCUT2D eigenvalue weighted by Gasteiger charge is -2.07. The molecule has 0 aliphatic heterocycles. The van der Waals surface area contributed by atoms with E-state index >= 15 is 0 Å². The van der Waals surface area contributed by atoms with E-state index in [0.29, 0.717) is 12.0 Å². The zero-order valence-electron chi connectivity index (χ0n) is 9.71. The second kappa shape index (κ2) is 5.09. The van der Waals surface area contributed by atoms with Crippen LogP contribution in [-0.4, -0.2) is 0 Å². The summed E-state index contributed by atoms with van der Waals surface area (Å²) in [5, 5.41) is 0. The Morgan fingerprint density at radius 2 is 1.47 bits per heavy atom. The van der Waals surface area contributed by atoms with Crippen LogP contribution in [0.15, 0.2) is 42.5 Å². The first kappa shape index (κ1) is 11.8. The largest absolute Gasteiger partial charge is 0.207 e. The summed E-state index contributed by atoms with van der Waals surface area (Å²) in [6.07, 6.45) is 1.17. The van der Waals surface area contributed by atoms with E-state index in [0.717, 1.165) is 12.0 Å². The molecule has 0 aliphatic rings. The summed E-state index contributed by atoms with van der Waals surface area (Å²) in [4.78, 5) is 0. The molecule has 0 N–H and O–H groups in total. The summed E-state index contributed by atoms with van der Waals surface area (Å²) in [5.41, 5.74) is 1.60. The molecular formula is C15H14F2. The molecule has 2 aromatic rings. The highest BCUT2D eigenvalue weighted by Gasteiger charge is 2.10. The molecule has 0 bridgehead atoms. The standard InChI is InChI=1S/C15H14F2/c1-2-6-13-14(16)9-12(10-15(13)17)11-7-4-3-5-8-11/h3-5,7-10H,2,6H2,1H3. The number of benzene rings is 2. The molecule has 0 nitrogen and oxygen atoms in total. The van der Waals surface area contributed by atoms with Crippen LogP contribution in [0.3, 0.4) is 0 Å². The van der Waals surface area contributed by atoms with Gasteiger partial charge in [0.25, 0.3) is 0 Å². The van der Waals surface area contributed by atoms with E-state index < -0.39 is 11.6 Å². The molecule has 0 heterocycles. The zero-order valence-corrected chi connectivity index (χ0v) is 9.71. The Labute approximate surface area is 99.9 Å². The van der Waals surface area contributed by atoms with Crippen LogP contribution in [0.5, 0.6) is 0 Å². The van der Waals surface area contributed by atoms with Crippen molar-refractivity contribution in [2.45, 2.75) is 19.8 Å². The highest BCUT2D eigenvalue weighted by atomic mass is 19.1. The Morgan fingerprint density at radius 1 is 0.882 bits per heavy atom. The van der Waals surface area contributed by atoms with E-state index in [-0.39, 0.29) is 5.56 Å². The molecule has 0 fully saturated rings. The van der Waals surface area contributed by atoms with Gasteiger partial charge in [0.15, 0.2) is 0 Å². The monoisotopic (exact) mass is 232 g/mol. The minimum absolute atomic E-state index is 0.187. The smallest absolute Gasteiger partial charge is 0.129 e. The van der Waals surface area contributed by atoms with Crippen LogP contribution < -0.4 is 0 Å². The third-order valence-corrected chi connectivity index (χ3v) is 2.75. The minimum Gasteiger partial charge on any atom is -0.207 e. The summed E-state index contributed by atoms with van der Waals surface area (Å²) < 4.78 is 27.5. The molecule has 0 unspecified atom stereocenters. The van der Waals surface area contributed by atoms with E-state index in [1.165, 1.54) is 12.1 Å². The quantitative estimate of drug-likeness (QED) is 0.726. The van der Waals surface area contributed by atoms with Gasteiger partial charge in [0.1, 0.15) is 11.6 Å². The average Bonchev–Trinajstić information content (AvgIpc) is 2.35. The summed E-state index contributed by atoms with van der Waals surface area (Å²) >= 11 is 0. The van der Waals surface area contributed by atoms with E-state index in [4.69, 9.17) is 0 Å². The molecule has 88 valence electrons. The zero-order chi connectivity index (χ0) is 12.3. The third-order valence-electron chi connectivity index (χ3n) is 2.75. The van der Waals surface area contributed by atoms with Gasteiger partial charge in [-0.2, -0.15) is 0 Å². The fourth-order valence-electron chi connectivity index (χ4n) is 1.89. The minimum atomic E-state index is -0.453. The van der Waals surface area contributed by atoms with Gasteiger partial charge >= 0.3 is 0 Å². The Hall–Kier alpha value is -1.70. The van der Waals surface area contributed by atoms with Crippen LogP contribution in [0.25, 0.3) is 11.1 Å². The van der Waals surface area contributed by atoms with Crippen LogP contribution in [0.4, 0.5) is 8.78 Å². The maximum atomic E-state index is 13.7. The van der Waals surface area contributed by atoms with Crippen molar-refractivity contribution in [3.63, 3.8) is 0 Å². The van der Waals surface area contributed by atoms with E-state index in [1.807, 2.05) is 37.3 Å². The highest BCUT2D eigenvalue weighted by molar-refractivity contribution is 5.63. The molecule has 0 amide bonds. The van der Waals surface area contributed by atoms with Gasteiger partial charge in [0.2, 0.25) is 0 Å². The lowest BCUT2D eigenvalue weighted by atomic mass is 10.0. The number of rotatable bonds is 3. The topological polar surface area (TPSA) is 0 Å². The normalized spacial score (nSPS) is 10.5. The summed E-state index contributed by atoms with van der Waals surface area (Å²) in [7, 11) is 0. The predicted molar refractivity (Wildman–Crippen MR) is 65.8 cm³/mol. The van der Waals surface area contributed by atoms with Crippen LogP contribution in [0.2, 0.25) is 0 Å². The Bertz CT molecular complexity index is 481. The van der Waals surface area contributed by atoms with Crippen LogP contribution in [0, 0.1) is 11.6 Å². The van der Waals surface area contributed by atoms with Crippen molar-refractivity contribution >= 4 is 0 Å². The Balaban J connectivity index is 2.46. The molecule has 0 saturated heterocycles. The van der Waals surface area contributed by atoms with Crippen molar-refractivity contribution in [1.29, 1.82) is 0 Å². The molecular weight excluding hydrogens is 218 g/mol. The van der Waals surface area contributed by atoms with Crippen molar-refractivity contribution in [3.8, 4) is 11.1 Å². The van der Waals surface area contributed by atoms with Gasteiger partial charge in [-0.05, 0) is 29.7 Å². The van der Waals surface area contributed by atoms with E-state index in [2.05, 4.69) is 0 Å². The molecule has 0 saturated carbocycles. The lowest BCUT2D eigenvalue weighted by molar-refractivity contribution is 0.554. The maximum absolute atomic E-state index is 13.7. The number of hydrogen-bond donors (Lipinski definition) is 0. The van der Waals surface area contributed by atoms with Gasteiger partial charge in [-0.1, -0.05) is 43.7 Å². The lowest BCUT2D eigenvalue weighted by Crippen LogP contribution is -1.96. The number of halogens is 2. The second-order valence-corrected chi connectivity index (χ2v) is 4.03. The van der Waals surface area contributed by atoms with Crippen molar-refractivity contribution in [3.05, 3.63) is 59.7 Å². The van der Waals surface area contributed by atoms with Gasteiger partial charge in [-0.25, -0.2) is 8.78 Å². The van der Waals surface area contributed by atoms with Crippen molar-refractivity contribution in [1.82, 2.24) is 0 Å². The second-order valence-electron chi connectivity index (χ2n) is 4.03. The van der Waals surface area contributed by atoms with Crippen molar-refractivity contribution in [2.24, 2.45) is 0 Å². The predicted octanol–water partition coefficient (Wildman–Crippen LogP) is 4.58. The molecule has 2 heteroatoms. The van der Waals surface area contributed by atoms with Gasteiger partial charge in [-0.15, -0.1) is 0 Å². The molecule has 0 radical (unpaired) electrons. The molecule has 2 aromatic carbocycles. The molecule has 0 spiro atoms. The molecule has 0 aliphatic carbocycles. The van der Waals surface area contributed by atoms with E-state index in [1.54, 1.807) is 0 Å². The fraction of sp³-hybridized carbons (Fsp3) is 0.200. The van der Waals surface area contributed by atoms with Crippen molar-refractivity contribution in [2.75, 3.05) is 0 Å². The highest BCUT2D eigenvalue weighted by Crippen LogP contribution is 2.24. The summed E-state index contributed by atoms with van der Waals surface area (Å²) in [5.74, 6) is -0.906. The van der Waals surface area contributed by atoms with Gasteiger partial charge in [0, 0.05) is 5.56 Å². The van der Waals surface area contributed by atoms with Crippen LogP contribution >= 0.6 is 0 Å². The summed E-state index contributed by atoms with van der Waals surface area (Å²) in [6, 6.07) is 12.1. The van der Waals surface area contributed by atoms with Crippen LogP contribution in [0.1, 0.15) is 18.9 Å². The van der Waals surface area contributed by atoms with Gasteiger partial charge in [-0.3, -0.25) is 0 Å². The van der Waals surface area contributed by atoms with E-state index in [9.17, 15) is 8.78 Å². The van der Waals surface area contributed by atoms with Gasteiger partial charge < -0.3 is 0 Å². The first-order chi connectivity index (χ1) is 8.22. The maximum Gasteiger partial charge on any atom is 0.129 e. The molecule has 0 aromatic heterocycles. The summed E-state index contributed by atoms with van der Waals surface area (Å²) in [6.45, 7) is 1.91. The van der Waals surface area contributed by atoms with Crippen molar-refractivity contribution < 1.29 is 8.78 Å². The average molecular weight is 232 g/mol. The Morgan fingerprint density at radius 3 is 2.00 bits per heavy atom. The molecule has 0 atom stereocenters. The van der Waals surface area contributed by atoms with Gasteiger partial charge in [0.05, 0.1) is 0 Å². The molecule has 2 rings (SSSR count). The number of hydrogen-bond acceptors (Lipinski definition) is 0. The first-order valence-corrected chi connectivity index (χ1v) is 5.75. The molecule has 17 heavy (non-hydrogen) atoms. The Kier molecular flexibility index (Phi) is 3.52.